The highest BCUT2D eigenvalue weighted by molar-refractivity contribution is 6.42. The summed E-state index contributed by atoms with van der Waals surface area (Å²) in [4.78, 5) is 0. The van der Waals surface area contributed by atoms with Gasteiger partial charge >= 0.3 is 0 Å². The summed E-state index contributed by atoms with van der Waals surface area (Å²) in [5.41, 5.74) is 0.882. The van der Waals surface area contributed by atoms with Crippen molar-refractivity contribution in [3.05, 3.63) is 33.8 Å². The molecular formula is C14H19Cl2NO2. The first kappa shape index (κ1) is 15.1. The molecule has 1 heterocycles. The zero-order chi connectivity index (χ0) is 13.9. The average molecular weight is 304 g/mol. The summed E-state index contributed by atoms with van der Waals surface area (Å²) < 4.78 is 11.6. The molecule has 1 unspecified atom stereocenters. The Morgan fingerprint density at radius 2 is 2.16 bits per heavy atom. The fraction of sp³-hybridized carbons (Fsp3) is 0.571. The lowest BCUT2D eigenvalue weighted by molar-refractivity contribution is -0.122. The first-order valence-corrected chi connectivity index (χ1v) is 7.12. The van der Waals surface area contributed by atoms with Crippen molar-refractivity contribution < 1.29 is 9.47 Å². The van der Waals surface area contributed by atoms with Gasteiger partial charge in [0.25, 0.3) is 0 Å². The molecule has 0 aliphatic carbocycles. The Kier molecular flexibility index (Phi) is 5.09. The molecule has 0 amide bonds. The molecule has 1 aromatic carbocycles. The van der Waals surface area contributed by atoms with E-state index in [1.54, 1.807) is 6.07 Å². The van der Waals surface area contributed by atoms with E-state index in [9.17, 15) is 0 Å². The van der Waals surface area contributed by atoms with Crippen LogP contribution in [0.3, 0.4) is 0 Å². The van der Waals surface area contributed by atoms with E-state index >= 15 is 0 Å². The van der Waals surface area contributed by atoms with Gasteiger partial charge in [-0.3, -0.25) is 0 Å². The third-order valence-electron chi connectivity index (χ3n) is 2.96. The summed E-state index contributed by atoms with van der Waals surface area (Å²) in [6, 6.07) is 5.52. The van der Waals surface area contributed by atoms with E-state index in [0.717, 1.165) is 18.7 Å². The van der Waals surface area contributed by atoms with Crippen molar-refractivity contribution in [2.24, 2.45) is 0 Å². The van der Waals surface area contributed by atoms with Gasteiger partial charge in [-0.1, -0.05) is 29.3 Å². The van der Waals surface area contributed by atoms with Crippen LogP contribution in [0.25, 0.3) is 0 Å². The Morgan fingerprint density at radius 1 is 1.37 bits per heavy atom. The van der Waals surface area contributed by atoms with Crippen molar-refractivity contribution in [2.45, 2.75) is 32.2 Å². The van der Waals surface area contributed by atoms with Crippen molar-refractivity contribution in [3.8, 4) is 0 Å². The number of benzene rings is 1. The van der Waals surface area contributed by atoms with Crippen LogP contribution in [-0.2, 0) is 16.1 Å². The Morgan fingerprint density at radius 3 is 2.84 bits per heavy atom. The third-order valence-corrected chi connectivity index (χ3v) is 3.70. The van der Waals surface area contributed by atoms with Gasteiger partial charge in [0.15, 0.2) is 0 Å². The van der Waals surface area contributed by atoms with Crippen molar-refractivity contribution in [1.29, 1.82) is 0 Å². The van der Waals surface area contributed by atoms with E-state index in [2.05, 4.69) is 19.2 Å². The third kappa shape index (κ3) is 4.62. The number of halogens is 2. The topological polar surface area (TPSA) is 30.5 Å². The largest absolute Gasteiger partial charge is 0.374 e. The van der Waals surface area contributed by atoms with E-state index in [1.807, 2.05) is 12.1 Å². The lowest BCUT2D eigenvalue weighted by Crippen LogP contribution is -2.51. The van der Waals surface area contributed by atoms with Gasteiger partial charge in [-0.25, -0.2) is 0 Å². The maximum absolute atomic E-state index is 5.96. The Labute approximate surface area is 124 Å². The average Bonchev–Trinajstić information content (AvgIpc) is 2.32. The summed E-state index contributed by atoms with van der Waals surface area (Å²) in [6.07, 6.45) is 0.0894. The predicted octanol–water partition coefficient (Wildman–Crippen LogP) is 3.28. The molecular weight excluding hydrogens is 285 g/mol. The molecule has 1 N–H and O–H groups in total. The fourth-order valence-corrected chi connectivity index (χ4v) is 2.42. The Hall–Kier alpha value is -0.320. The predicted molar refractivity (Wildman–Crippen MR) is 77.9 cm³/mol. The highest BCUT2D eigenvalue weighted by Gasteiger charge is 2.28. The van der Waals surface area contributed by atoms with Crippen molar-refractivity contribution in [1.82, 2.24) is 5.32 Å². The van der Waals surface area contributed by atoms with Crippen LogP contribution in [-0.4, -0.2) is 31.4 Å². The molecule has 1 fully saturated rings. The van der Waals surface area contributed by atoms with Gasteiger partial charge in [0.2, 0.25) is 0 Å². The molecule has 0 radical (unpaired) electrons. The van der Waals surface area contributed by atoms with Crippen LogP contribution in [0.1, 0.15) is 19.4 Å². The van der Waals surface area contributed by atoms with E-state index in [0.29, 0.717) is 23.3 Å². The first-order chi connectivity index (χ1) is 8.96. The van der Waals surface area contributed by atoms with Gasteiger partial charge in [-0.2, -0.15) is 0 Å². The number of rotatable bonds is 4. The normalized spacial score (nSPS) is 22.4. The van der Waals surface area contributed by atoms with Gasteiger partial charge in [0, 0.05) is 13.1 Å². The molecule has 106 valence electrons. The molecule has 2 rings (SSSR count). The monoisotopic (exact) mass is 303 g/mol. The van der Waals surface area contributed by atoms with Gasteiger partial charge in [0.1, 0.15) is 0 Å². The summed E-state index contributed by atoms with van der Waals surface area (Å²) >= 11 is 11.8. The highest BCUT2D eigenvalue weighted by Crippen LogP contribution is 2.23. The zero-order valence-electron chi connectivity index (χ0n) is 11.2. The Balaban J connectivity index is 1.78. The zero-order valence-corrected chi connectivity index (χ0v) is 12.7. The van der Waals surface area contributed by atoms with Crippen LogP contribution >= 0.6 is 23.2 Å². The molecule has 1 aromatic rings. The maximum Gasteiger partial charge on any atom is 0.0940 e. The fourth-order valence-electron chi connectivity index (χ4n) is 2.10. The second-order valence-corrected chi connectivity index (χ2v) is 6.21. The van der Waals surface area contributed by atoms with Crippen LogP contribution in [0.15, 0.2) is 18.2 Å². The molecule has 0 bridgehead atoms. The van der Waals surface area contributed by atoms with Crippen molar-refractivity contribution in [2.75, 3.05) is 19.7 Å². The number of hydrogen-bond donors (Lipinski definition) is 1. The quantitative estimate of drug-likeness (QED) is 0.926. The Bertz CT molecular complexity index is 437. The molecule has 19 heavy (non-hydrogen) atoms. The molecule has 1 aliphatic rings. The van der Waals surface area contributed by atoms with Gasteiger partial charge in [-0.15, -0.1) is 0 Å². The maximum atomic E-state index is 5.96. The van der Waals surface area contributed by atoms with Crippen LogP contribution in [0, 0.1) is 0 Å². The minimum atomic E-state index is -0.129. The molecule has 1 aliphatic heterocycles. The van der Waals surface area contributed by atoms with Crippen LogP contribution in [0.5, 0.6) is 0 Å². The molecule has 3 nitrogen and oxygen atoms in total. The van der Waals surface area contributed by atoms with Crippen LogP contribution in [0.4, 0.5) is 0 Å². The minimum Gasteiger partial charge on any atom is -0.374 e. The minimum absolute atomic E-state index is 0.0894. The summed E-state index contributed by atoms with van der Waals surface area (Å²) in [7, 11) is 0. The summed E-state index contributed by atoms with van der Waals surface area (Å²) in [5.74, 6) is 0. The molecule has 1 saturated heterocycles. The van der Waals surface area contributed by atoms with E-state index in [-0.39, 0.29) is 11.7 Å². The number of nitrogens with one attached hydrogen (secondary N) is 1. The second kappa shape index (κ2) is 6.42. The lowest BCUT2D eigenvalue weighted by Gasteiger charge is -2.36. The molecule has 5 heteroatoms. The number of ether oxygens (including phenoxy) is 2. The van der Waals surface area contributed by atoms with Gasteiger partial charge in [0.05, 0.1) is 35.0 Å². The molecule has 0 saturated carbocycles. The lowest BCUT2D eigenvalue weighted by atomic mass is 10.1. The SMILES string of the molecule is CC1(C)CNCC(COCc2ccc(Cl)c(Cl)c2)O1. The van der Waals surface area contributed by atoms with Gasteiger partial charge < -0.3 is 14.8 Å². The summed E-state index contributed by atoms with van der Waals surface area (Å²) in [6.45, 7) is 6.92. The standard InChI is InChI=1S/C14H19Cl2NO2/c1-14(2)9-17-6-11(19-14)8-18-7-10-3-4-12(15)13(16)5-10/h3-5,11,17H,6-9H2,1-2H3. The molecule has 1 atom stereocenters. The highest BCUT2D eigenvalue weighted by atomic mass is 35.5. The van der Waals surface area contributed by atoms with Crippen molar-refractivity contribution >= 4 is 23.2 Å². The van der Waals surface area contributed by atoms with Crippen molar-refractivity contribution in [3.63, 3.8) is 0 Å². The first-order valence-electron chi connectivity index (χ1n) is 6.36. The van der Waals surface area contributed by atoms with Crippen LogP contribution < -0.4 is 5.32 Å². The second-order valence-electron chi connectivity index (χ2n) is 5.39. The number of hydrogen-bond acceptors (Lipinski definition) is 3. The van der Waals surface area contributed by atoms with Gasteiger partial charge in [-0.05, 0) is 31.5 Å². The molecule has 0 aromatic heterocycles. The van der Waals surface area contributed by atoms with E-state index in [4.69, 9.17) is 32.7 Å². The van der Waals surface area contributed by atoms with Crippen LogP contribution in [0.2, 0.25) is 10.0 Å². The number of morpholine rings is 1. The molecule has 0 spiro atoms. The summed E-state index contributed by atoms with van der Waals surface area (Å²) in [5, 5.41) is 4.46. The smallest absolute Gasteiger partial charge is 0.0940 e. The van der Waals surface area contributed by atoms with E-state index < -0.39 is 0 Å². The van der Waals surface area contributed by atoms with E-state index in [1.165, 1.54) is 0 Å².